The van der Waals surface area contributed by atoms with E-state index < -0.39 is 0 Å². The minimum absolute atomic E-state index is 0. The summed E-state index contributed by atoms with van der Waals surface area (Å²) < 4.78 is 0. The molecule has 5 nitrogen and oxygen atoms in total. The van der Waals surface area contributed by atoms with E-state index in [9.17, 15) is 4.79 Å². The van der Waals surface area contributed by atoms with Crippen molar-refractivity contribution in [2.45, 2.75) is 19.4 Å². The second kappa shape index (κ2) is 10.9. The minimum Gasteiger partial charge on any atom is -0.371 e. The number of anilines is 1. The standard InChI is InChI=1S/C18H28N4O.2ClH/c1-15-11-19-8-10-21(15)14-18(23)20-12-16-7-9-22(13-16)17-5-3-2-4-6-17;;/h2-6,15-16,19H,7-14H2,1H3,(H,20,23);2*1H/t15-,16?;;/m1../s1. The van der Waals surface area contributed by atoms with Gasteiger partial charge in [0.25, 0.3) is 0 Å². The molecule has 2 saturated heterocycles. The van der Waals surface area contributed by atoms with Gasteiger partial charge in [0.15, 0.2) is 0 Å². The van der Waals surface area contributed by atoms with E-state index in [1.54, 1.807) is 0 Å². The van der Waals surface area contributed by atoms with Crippen molar-refractivity contribution in [2.75, 3.05) is 50.7 Å². The van der Waals surface area contributed by atoms with Crippen LogP contribution in [0.3, 0.4) is 0 Å². The molecule has 0 saturated carbocycles. The molecule has 0 aromatic heterocycles. The van der Waals surface area contributed by atoms with Crippen molar-refractivity contribution in [1.82, 2.24) is 15.5 Å². The van der Waals surface area contributed by atoms with E-state index in [2.05, 4.69) is 51.6 Å². The van der Waals surface area contributed by atoms with Crippen LogP contribution in [0.2, 0.25) is 0 Å². The van der Waals surface area contributed by atoms with E-state index in [1.165, 1.54) is 5.69 Å². The summed E-state index contributed by atoms with van der Waals surface area (Å²) in [6.07, 6.45) is 1.15. The number of nitrogens with zero attached hydrogens (tertiary/aromatic N) is 2. The molecule has 0 aliphatic carbocycles. The van der Waals surface area contributed by atoms with Crippen molar-refractivity contribution in [3.63, 3.8) is 0 Å². The summed E-state index contributed by atoms with van der Waals surface area (Å²) in [5.74, 6) is 0.719. The second-order valence-electron chi connectivity index (χ2n) is 6.76. The number of hydrogen-bond acceptors (Lipinski definition) is 4. The molecule has 2 fully saturated rings. The van der Waals surface area contributed by atoms with Crippen molar-refractivity contribution >= 4 is 36.4 Å². The first kappa shape index (κ1) is 22.0. The summed E-state index contributed by atoms with van der Waals surface area (Å²) in [5.41, 5.74) is 1.29. The van der Waals surface area contributed by atoms with Gasteiger partial charge in [0, 0.05) is 51.0 Å². The summed E-state index contributed by atoms with van der Waals surface area (Å²) in [7, 11) is 0. The van der Waals surface area contributed by atoms with E-state index in [-0.39, 0.29) is 30.7 Å². The Labute approximate surface area is 163 Å². The number of carbonyl (C=O) groups is 1. The largest absolute Gasteiger partial charge is 0.371 e. The molecule has 3 rings (SSSR count). The van der Waals surface area contributed by atoms with Crippen LogP contribution in [0.4, 0.5) is 5.69 Å². The molecular formula is C18H30Cl2N4O. The van der Waals surface area contributed by atoms with Gasteiger partial charge < -0.3 is 15.5 Å². The monoisotopic (exact) mass is 388 g/mol. The summed E-state index contributed by atoms with van der Waals surface area (Å²) in [6, 6.07) is 11.0. The van der Waals surface area contributed by atoms with Crippen molar-refractivity contribution in [1.29, 1.82) is 0 Å². The molecule has 0 bridgehead atoms. The lowest BCUT2D eigenvalue weighted by molar-refractivity contribution is -0.123. The molecule has 2 heterocycles. The molecule has 1 amide bonds. The Hall–Kier alpha value is -1.01. The Morgan fingerprint density at radius 3 is 2.72 bits per heavy atom. The fourth-order valence-electron chi connectivity index (χ4n) is 3.49. The smallest absolute Gasteiger partial charge is 0.234 e. The Morgan fingerprint density at radius 1 is 1.24 bits per heavy atom. The normalized spacial score (nSPS) is 23.5. The number of benzene rings is 1. The van der Waals surface area contributed by atoms with Crippen LogP contribution in [0.5, 0.6) is 0 Å². The predicted molar refractivity (Wildman–Crippen MR) is 108 cm³/mol. The molecule has 1 aromatic rings. The van der Waals surface area contributed by atoms with Crippen LogP contribution in [0, 0.1) is 5.92 Å². The molecule has 1 aromatic carbocycles. The number of rotatable bonds is 5. The number of hydrogen-bond donors (Lipinski definition) is 2. The van der Waals surface area contributed by atoms with Crippen LogP contribution in [0.15, 0.2) is 30.3 Å². The number of halogens is 2. The van der Waals surface area contributed by atoms with Crippen LogP contribution < -0.4 is 15.5 Å². The lowest BCUT2D eigenvalue weighted by atomic mass is 10.1. The first-order valence-electron chi connectivity index (χ1n) is 8.74. The van der Waals surface area contributed by atoms with E-state index in [0.29, 0.717) is 18.5 Å². The quantitative estimate of drug-likeness (QED) is 0.806. The molecule has 25 heavy (non-hydrogen) atoms. The summed E-state index contributed by atoms with van der Waals surface area (Å²) >= 11 is 0. The van der Waals surface area contributed by atoms with Crippen molar-refractivity contribution < 1.29 is 4.79 Å². The molecule has 2 aliphatic heterocycles. The third-order valence-corrected chi connectivity index (χ3v) is 4.98. The first-order chi connectivity index (χ1) is 11.2. The number of carbonyl (C=O) groups excluding carboxylic acids is 1. The maximum absolute atomic E-state index is 12.2. The minimum atomic E-state index is 0. The molecular weight excluding hydrogens is 359 g/mol. The van der Waals surface area contributed by atoms with Crippen LogP contribution >= 0.6 is 24.8 Å². The number of nitrogens with one attached hydrogen (secondary N) is 2. The van der Waals surface area contributed by atoms with E-state index in [0.717, 1.165) is 45.7 Å². The maximum atomic E-state index is 12.2. The number of amides is 1. The van der Waals surface area contributed by atoms with Gasteiger partial charge in [0.1, 0.15) is 0 Å². The van der Waals surface area contributed by atoms with Crippen LogP contribution in [0.25, 0.3) is 0 Å². The van der Waals surface area contributed by atoms with Gasteiger partial charge in [-0.15, -0.1) is 24.8 Å². The SMILES string of the molecule is C[C@@H]1CNCCN1CC(=O)NCC1CCN(c2ccccc2)C1.Cl.Cl. The van der Waals surface area contributed by atoms with Gasteiger partial charge in [-0.25, -0.2) is 0 Å². The lowest BCUT2D eigenvalue weighted by Crippen LogP contribution is -2.53. The molecule has 0 radical (unpaired) electrons. The average Bonchev–Trinajstić information content (AvgIpc) is 3.05. The van der Waals surface area contributed by atoms with Crippen molar-refractivity contribution in [3.05, 3.63) is 30.3 Å². The average molecular weight is 389 g/mol. The van der Waals surface area contributed by atoms with Gasteiger partial charge >= 0.3 is 0 Å². The van der Waals surface area contributed by atoms with Gasteiger partial charge in [-0.1, -0.05) is 18.2 Å². The van der Waals surface area contributed by atoms with Gasteiger partial charge in [-0.3, -0.25) is 9.69 Å². The molecule has 0 spiro atoms. The van der Waals surface area contributed by atoms with Crippen molar-refractivity contribution in [2.24, 2.45) is 5.92 Å². The third-order valence-electron chi connectivity index (χ3n) is 4.98. The van der Waals surface area contributed by atoms with E-state index >= 15 is 0 Å². The van der Waals surface area contributed by atoms with E-state index in [4.69, 9.17) is 0 Å². The number of piperazine rings is 1. The van der Waals surface area contributed by atoms with Crippen LogP contribution in [-0.2, 0) is 4.79 Å². The molecule has 1 unspecified atom stereocenters. The maximum Gasteiger partial charge on any atom is 0.234 e. The summed E-state index contributed by atoms with van der Waals surface area (Å²) in [6.45, 7) is 8.52. The van der Waals surface area contributed by atoms with E-state index in [1.807, 2.05) is 6.07 Å². The zero-order valence-electron chi connectivity index (χ0n) is 14.8. The van der Waals surface area contributed by atoms with Gasteiger partial charge in [0.05, 0.1) is 6.54 Å². The first-order valence-corrected chi connectivity index (χ1v) is 8.74. The van der Waals surface area contributed by atoms with Gasteiger partial charge in [-0.2, -0.15) is 0 Å². The molecule has 2 aliphatic rings. The summed E-state index contributed by atoms with van der Waals surface area (Å²) in [4.78, 5) is 16.9. The lowest BCUT2D eigenvalue weighted by Gasteiger charge is -2.33. The third kappa shape index (κ3) is 6.33. The van der Waals surface area contributed by atoms with Gasteiger partial charge in [-0.05, 0) is 31.4 Å². The molecule has 142 valence electrons. The van der Waals surface area contributed by atoms with Crippen LogP contribution in [-0.4, -0.2) is 62.7 Å². The zero-order valence-corrected chi connectivity index (χ0v) is 16.5. The number of para-hydroxylation sites is 1. The summed E-state index contributed by atoms with van der Waals surface area (Å²) in [5, 5.41) is 6.49. The second-order valence-corrected chi connectivity index (χ2v) is 6.76. The Bertz CT molecular complexity index is 517. The molecule has 7 heteroatoms. The van der Waals surface area contributed by atoms with Gasteiger partial charge in [0.2, 0.25) is 5.91 Å². The fourth-order valence-corrected chi connectivity index (χ4v) is 3.49. The topological polar surface area (TPSA) is 47.6 Å². The Morgan fingerprint density at radius 2 is 2.00 bits per heavy atom. The van der Waals surface area contributed by atoms with Crippen LogP contribution in [0.1, 0.15) is 13.3 Å². The Kier molecular flexibility index (Phi) is 9.57. The molecule has 2 atom stereocenters. The highest BCUT2D eigenvalue weighted by Gasteiger charge is 2.24. The predicted octanol–water partition coefficient (Wildman–Crippen LogP) is 1.77. The highest BCUT2D eigenvalue weighted by Crippen LogP contribution is 2.22. The zero-order chi connectivity index (χ0) is 16.1. The fraction of sp³-hybridized carbons (Fsp3) is 0.611. The van der Waals surface area contributed by atoms with Crippen molar-refractivity contribution in [3.8, 4) is 0 Å². The highest BCUT2D eigenvalue weighted by atomic mass is 35.5. The molecule has 2 N–H and O–H groups in total. The highest BCUT2D eigenvalue weighted by molar-refractivity contribution is 5.85. The Balaban J connectivity index is 0.00000156.